The summed E-state index contributed by atoms with van der Waals surface area (Å²) in [5.74, 6) is 2.23. The number of benzene rings is 1. The van der Waals surface area contributed by atoms with Gasteiger partial charge in [-0.3, -0.25) is 0 Å². The third-order valence-electron chi connectivity index (χ3n) is 5.86. The van der Waals surface area contributed by atoms with Crippen LogP contribution in [0.1, 0.15) is 68.9 Å². The fourth-order valence-corrected chi connectivity index (χ4v) is 4.11. The molecule has 1 heterocycles. The van der Waals surface area contributed by atoms with Crippen molar-refractivity contribution >= 4 is 0 Å². The standard InChI is InChI=1S/C25H34N2O/c1-3-4-5-7-21-18-26-25(27-19-21)24-15-13-23(14-16-24)22-11-9-20(10-12-22)8-6-17-28-2/h6,8,13-16,18-20,22H,3-5,7,9-12,17H2,1-2H3/t20-,22-. The van der Waals surface area contributed by atoms with Gasteiger partial charge in [0.15, 0.2) is 5.82 Å². The van der Waals surface area contributed by atoms with Gasteiger partial charge in [0.1, 0.15) is 0 Å². The van der Waals surface area contributed by atoms with Crippen LogP contribution in [-0.2, 0) is 11.2 Å². The van der Waals surface area contributed by atoms with Gasteiger partial charge in [-0.15, -0.1) is 0 Å². The Labute approximate surface area is 170 Å². The Kier molecular flexibility index (Phi) is 8.23. The van der Waals surface area contributed by atoms with Crippen molar-refractivity contribution in [3.63, 3.8) is 0 Å². The van der Waals surface area contributed by atoms with E-state index in [9.17, 15) is 0 Å². The van der Waals surface area contributed by atoms with Gasteiger partial charge in [-0.05, 0) is 61.5 Å². The number of unbranched alkanes of at least 4 members (excludes halogenated alkanes) is 2. The molecule has 28 heavy (non-hydrogen) atoms. The first-order valence-electron chi connectivity index (χ1n) is 10.9. The maximum absolute atomic E-state index is 5.10. The lowest BCUT2D eigenvalue weighted by Crippen LogP contribution is -2.11. The molecule has 1 aliphatic rings. The summed E-state index contributed by atoms with van der Waals surface area (Å²) in [7, 11) is 1.75. The van der Waals surface area contributed by atoms with Crippen LogP contribution in [0.3, 0.4) is 0 Å². The lowest BCUT2D eigenvalue weighted by Gasteiger charge is -2.27. The van der Waals surface area contributed by atoms with Gasteiger partial charge >= 0.3 is 0 Å². The van der Waals surface area contributed by atoms with Gasteiger partial charge in [-0.2, -0.15) is 0 Å². The van der Waals surface area contributed by atoms with Crippen LogP contribution in [0.25, 0.3) is 11.4 Å². The van der Waals surface area contributed by atoms with E-state index in [0.29, 0.717) is 5.92 Å². The molecule has 1 fully saturated rings. The van der Waals surface area contributed by atoms with Gasteiger partial charge in [0.05, 0.1) is 6.61 Å². The average Bonchev–Trinajstić information content (AvgIpc) is 2.75. The summed E-state index contributed by atoms with van der Waals surface area (Å²) in [6, 6.07) is 8.93. The van der Waals surface area contributed by atoms with Gasteiger partial charge in [0, 0.05) is 25.1 Å². The van der Waals surface area contributed by atoms with Gasteiger partial charge < -0.3 is 4.74 Å². The van der Waals surface area contributed by atoms with E-state index in [-0.39, 0.29) is 0 Å². The van der Waals surface area contributed by atoms with Crippen molar-refractivity contribution in [2.24, 2.45) is 5.92 Å². The fraction of sp³-hybridized carbons (Fsp3) is 0.520. The monoisotopic (exact) mass is 378 g/mol. The van der Waals surface area contributed by atoms with Crippen LogP contribution in [0.15, 0.2) is 48.8 Å². The maximum Gasteiger partial charge on any atom is 0.159 e. The van der Waals surface area contributed by atoms with E-state index >= 15 is 0 Å². The number of aromatic nitrogens is 2. The molecule has 1 aliphatic carbocycles. The molecule has 150 valence electrons. The van der Waals surface area contributed by atoms with E-state index in [2.05, 4.69) is 53.3 Å². The first-order valence-corrected chi connectivity index (χ1v) is 10.9. The molecular weight excluding hydrogens is 344 g/mol. The zero-order chi connectivity index (χ0) is 19.6. The summed E-state index contributed by atoms with van der Waals surface area (Å²) >= 11 is 0. The predicted molar refractivity (Wildman–Crippen MR) is 116 cm³/mol. The Balaban J connectivity index is 1.54. The molecule has 3 rings (SSSR count). The van der Waals surface area contributed by atoms with Crippen molar-refractivity contribution in [2.45, 2.75) is 64.2 Å². The third-order valence-corrected chi connectivity index (χ3v) is 5.86. The molecule has 0 atom stereocenters. The predicted octanol–water partition coefficient (Wildman–Crippen LogP) is 6.35. The lowest BCUT2D eigenvalue weighted by atomic mass is 9.78. The highest BCUT2D eigenvalue weighted by atomic mass is 16.5. The number of ether oxygens (including phenoxy) is 1. The highest BCUT2D eigenvalue weighted by Crippen LogP contribution is 2.36. The van der Waals surface area contributed by atoms with Crippen LogP contribution in [0.2, 0.25) is 0 Å². The molecule has 2 aromatic rings. The van der Waals surface area contributed by atoms with Crippen molar-refractivity contribution in [3.8, 4) is 11.4 Å². The van der Waals surface area contributed by atoms with Gasteiger partial charge in [-0.1, -0.05) is 56.2 Å². The Bertz CT molecular complexity index is 713. The largest absolute Gasteiger partial charge is 0.381 e. The van der Waals surface area contributed by atoms with Crippen LogP contribution >= 0.6 is 0 Å². The van der Waals surface area contributed by atoms with Crippen LogP contribution in [0, 0.1) is 5.92 Å². The van der Waals surface area contributed by atoms with E-state index in [1.54, 1.807) is 7.11 Å². The average molecular weight is 379 g/mol. The van der Waals surface area contributed by atoms with Gasteiger partial charge in [-0.25, -0.2) is 9.97 Å². The van der Waals surface area contributed by atoms with E-state index in [4.69, 9.17) is 4.74 Å². The highest BCUT2D eigenvalue weighted by Gasteiger charge is 2.20. The maximum atomic E-state index is 5.10. The molecule has 0 bridgehead atoms. The minimum absolute atomic E-state index is 0.683. The van der Waals surface area contributed by atoms with Crippen molar-refractivity contribution in [2.75, 3.05) is 13.7 Å². The summed E-state index contributed by atoms with van der Waals surface area (Å²) in [4.78, 5) is 9.17. The van der Waals surface area contributed by atoms with E-state index in [1.165, 1.54) is 56.1 Å². The molecular formula is C25H34N2O. The highest BCUT2D eigenvalue weighted by molar-refractivity contribution is 5.55. The summed E-state index contributed by atoms with van der Waals surface area (Å²) in [6.45, 7) is 2.96. The van der Waals surface area contributed by atoms with Crippen LogP contribution in [-0.4, -0.2) is 23.7 Å². The molecule has 0 spiro atoms. The first kappa shape index (κ1) is 20.7. The fourth-order valence-electron chi connectivity index (χ4n) is 4.11. The Morgan fingerprint density at radius 2 is 1.71 bits per heavy atom. The summed E-state index contributed by atoms with van der Waals surface area (Å²) in [5.41, 5.74) is 3.81. The molecule has 3 heteroatoms. The van der Waals surface area contributed by atoms with E-state index in [0.717, 1.165) is 30.3 Å². The van der Waals surface area contributed by atoms with Crippen molar-refractivity contribution in [1.29, 1.82) is 0 Å². The smallest absolute Gasteiger partial charge is 0.159 e. The molecule has 0 radical (unpaired) electrons. The second kappa shape index (κ2) is 11.1. The third kappa shape index (κ3) is 6.00. The van der Waals surface area contributed by atoms with Gasteiger partial charge in [0.25, 0.3) is 0 Å². The number of methoxy groups -OCH3 is 1. The van der Waals surface area contributed by atoms with E-state index in [1.807, 2.05) is 12.4 Å². The Morgan fingerprint density at radius 3 is 2.36 bits per heavy atom. The molecule has 1 saturated carbocycles. The van der Waals surface area contributed by atoms with Crippen LogP contribution in [0.4, 0.5) is 0 Å². The molecule has 1 aromatic carbocycles. The Morgan fingerprint density at radius 1 is 1.00 bits per heavy atom. The zero-order valence-electron chi connectivity index (χ0n) is 17.4. The molecule has 0 saturated heterocycles. The zero-order valence-corrected chi connectivity index (χ0v) is 17.4. The number of allylic oxidation sites excluding steroid dienone is 1. The second-order valence-corrected chi connectivity index (χ2v) is 7.99. The van der Waals surface area contributed by atoms with Crippen molar-refractivity contribution in [1.82, 2.24) is 9.97 Å². The number of hydrogen-bond donors (Lipinski definition) is 0. The van der Waals surface area contributed by atoms with Crippen molar-refractivity contribution in [3.05, 3.63) is 59.9 Å². The summed E-state index contributed by atoms with van der Waals surface area (Å²) in [5, 5.41) is 0. The lowest BCUT2D eigenvalue weighted by molar-refractivity contribution is 0.233. The molecule has 0 amide bonds. The van der Waals surface area contributed by atoms with Gasteiger partial charge in [0.2, 0.25) is 0 Å². The SMILES string of the molecule is CCCCCc1cnc(-c2ccc([C@H]3CC[C@H](C=CCOC)CC3)cc2)nc1. The minimum atomic E-state index is 0.683. The second-order valence-electron chi connectivity index (χ2n) is 7.99. The summed E-state index contributed by atoms with van der Waals surface area (Å²) in [6.07, 6.45) is 18.4. The van der Waals surface area contributed by atoms with Crippen LogP contribution in [0.5, 0.6) is 0 Å². The van der Waals surface area contributed by atoms with Crippen LogP contribution < -0.4 is 0 Å². The molecule has 3 nitrogen and oxygen atoms in total. The summed E-state index contributed by atoms with van der Waals surface area (Å²) < 4.78 is 5.10. The number of hydrogen-bond acceptors (Lipinski definition) is 3. The normalized spacial score (nSPS) is 19.9. The topological polar surface area (TPSA) is 35.0 Å². The number of aryl methyl sites for hydroxylation is 1. The number of rotatable bonds is 9. The first-order chi connectivity index (χ1) is 13.8. The quantitative estimate of drug-likeness (QED) is 0.376. The molecule has 0 aliphatic heterocycles. The Hall–Kier alpha value is -2.00. The molecule has 0 N–H and O–H groups in total. The minimum Gasteiger partial charge on any atom is -0.381 e. The van der Waals surface area contributed by atoms with E-state index < -0.39 is 0 Å². The molecule has 0 unspecified atom stereocenters. The van der Waals surface area contributed by atoms with Crippen molar-refractivity contribution < 1.29 is 4.74 Å². The molecule has 1 aromatic heterocycles. The number of nitrogens with zero attached hydrogens (tertiary/aromatic N) is 2.